The molecule has 2 amide bonds. The summed E-state index contributed by atoms with van der Waals surface area (Å²) in [6, 6.07) is 8.17. The molecule has 1 aromatic carbocycles. The van der Waals surface area contributed by atoms with Gasteiger partial charge < -0.3 is 9.72 Å². The third-order valence-corrected chi connectivity index (χ3v) is 5.00. The van der Waals surface area contributed by atoms with Crippen LogP contribution >= 0.6 is 11.6 Å². The number of aromatic nitrogens is 4. The van der Waals surface area contributed by atoms with Crippen molar-refractivity contribution in [2.45, 2.75) is 0 Å². The lowest BCUT2D eigenvalue weighted by molar-refractivity contribution is 0.0926. The molecule has 8 nitrogen and oxygen atoms in total. The number of carbonyl (C=O) groups excluding carboxylic acids is 2. The van der Waals surface area contributed by atoms with Gasteiger partial charge in [0, 0.05) is 12.4 Å². The first-order chi connectivity index (χ1) is 14.1. The minimum absolute atomic E-state index is 0.286. The second-order valence-corrected chi connectivity index (χ2v) is 6.74. The lowest BCUT2D eigenvalue weighted by atomic mass is 10.1. The van der Waals surface area contributed by atoms with Gasteiger partial charge in [0.15, 0.2) is 0 Å². The summed E-state index contributed by atoms with van der Waals surface area (Å²) in [7, 11) is 1.49. The van der Waals surface area contributed by atoms with E-state index in [1.54, 1.807) is 36.5 Å². The van der Waals surface area contributed by atoms with Crippen LogP contribution in [0.5, 0.6) is 5.88 Å². The Morgan fingerprint density at radius 1 is 1.10 bits per heavy atom. The van der Waals surface area contributed by atoms with Crippen molar-refractivity contribution in [3.8, 4) is 17.3 Å². The smallest absolute Gasteiger partial charge is 0.266 e. The number of pyridine rings is 2. The molecule has 4 heterocycles. The summed E-state index contributed by atoms with van der Waals surface area (Å²) in [4.78, 5) is 42.7. The van der Waals surface area contributed by atoms with Crippen LogP contribution in [0.2, 0.25) is 5.02 Å². The number of imidazole rings is 1. The summed E-state index contributed by atoms with van der Waals surface area (Å²) < 4.78 is 5.28. The van der Waals surface area contributed by atoms with Crippen molar-refractivity contribution in [1.29, 1.82) is 0 Å². The Hall–Kier alpha value is -3.78. The van der Waals surface area contributed by atoms with Crippen LogP contribution in [0, 0.1) is 0 Å². The molecule has 0 unspecified atom stereocenters. The number of H-pyrrole nitrogens is 1. The molecule has 0 saturated carbocycles. The Kier molecular flexibility index (Phi) is 3.82. The highest BCUT2D eigenvalue weighted by atomic mass is 35.5. The van der Waals surface area contributed by atoms with E-state index in [-0.39, 0.29) is 5.56 Å². The number of ether oxygens (including phenoxy) is 1. The molecule has 0 atom stereocenters. The summed E-state index contributed by atoms with van der Waals surface area (Å²) in [5.74, 6) is -0.0730. The minimum atomic E-state index is -0.415. The first kappa shape index (κ1) is 17.3. The van der Waals surface area contributed by atoms with Gasteiger partial charge in [-0.05, 0) is 30.3 Å². The van der Waals surface area contributed by atoms with Gasteiger partial charge in [-0.1, -0.05) is 11.6 Å². The fourth-order valence-electron chi connectivity index (χ4n) is 3.37. The number of halogens is 1. The van der Waals surface area contributed by atoms with Gasteiger partial charge in [-0.15, -0.1) is 0 Å². The fourth-order valence-corrected chi connectivity index (χ4v) is 3.60. The summed E-state index contributed by atoms with van der Waals surface area (Å²) >= 11 is 6.30. The molecule has 142 valence electrons. The van der Waals surface area contributed by atoms with Crippen LogP contribution in [0.1, 0.15) is 20.7 Å². The van der Waals surface area contributed by atoms with Gasteiger partial charge in [0.1, 0.15) is 5.82 Å². The van der Waals surface area contributed by atoms with E-state index in [2.05, 4.69) is 19.9 Å². The normalized spacial score (nSPS) is 13.2. The van der Waals surface area contributed by atoms with Gasteiger partial charge in [-0.2, -0.15) is 0 Å². The van der Waals surface area contributed by atoms with Crippen molar-refractivity contribution in [2.24, 2.45) is 0 Å². The molecule has 1 aliphatic heterocycles. The van der Waals surface area contributed by atoms with Crippen molar-refractivity contribution in [3.05, 3.63) is 65.1 Å². The van der Waals surface area contributed by atoms with Crippen LogP contribution in [-0.4, -0.2) is 38.9 Å². The summed E-state index contributed by atoms with van der Waals surface area (Å²) in [5, 5.41) is 0.415. The maximum Gasteiger partial charge on any atom is 0.266 e. The second kappa shape index (κ2) is 6.39. The number of amides is 2. The van der Waals surface area contributed by atoms with E-state index in [0.717, 1.165) is 4.90 Å². The maximum atomic E-state index is 12.9. The number of benzene rings is 1. The van der Waals surface area contributed by atoms with E-state index in [4.69, 9.17) is 16.3 Å². The van der Waals surface area contributed by atoms with E-state index >= 15 is 0 Å². The number of nitrogens with one attached hydrogen (secondary N) is 1. The molecule has 1 aliphatic rings. The lowest BCUT2D eigenvalue weighted by Crippen LogP contribution is -2.29. The van der Waals surface area contributed by atoms with Crippen LogP contribution < -0.4 is 9.64 Å². The molecule has 3 aromatic heterocycles. The predicted molar refractivity (Wildman–Crippen MR) is 106 cm³/mol. The van der Waals surface area contributed by atoms with Crippen molar-refractivity contribution in [3.63, 3.8) is 0 Å². The molecule has 0 saturated heterocycles. The van der Waals surface area contributed by atoms with E-state index in [0.29, 0.717) is 44.6 Å². The lowest BCUT2D eigenvalue weighted by Gasteiger charge is -2.12. The number of aromatic amines is 1. The summed E-state index contributed by atoms with van der Waals surface area (Å²) in [6.45, 7) is 0. The van der Waals surface area contributed by atoms with Crippen LogP contribution in [-0.2, 0) is 0 Å². The Morgan fingerprint density at radius 2 is 1.90 bits per heavy atom. The number of nitrogens with zero attached hydrogens (tertiary/aromatic N) is 4. The molecular formula is C20H12ClN5O3. The summed E-state index contributed by atoms with van der Waals surface area (Å²) in [5.41, 5.74) is 2.62. The van der Waals surface area contributed by atoms with Crippen LogP contribution in [0.4, 0.5) is 5.69 Å². The zero-order valence-electron chi connectivity index (χ0n) is 15.0. The fraction of sp³-hybridized carbons (Fsp3) is 0.0500. The number of carbonyl (C=O) groups is 2. The molecule has 4 aromatic rings. The van der Waals surface area contributed by atoms with Gasteiger partial charge in [0.25, 0.3) is 11.8 Å². The highest BCUT2D eigenvalue weighted by molar-refractivity contribution is 6.35. The number of methoxy groups -OCH3 is 1. The molecule has 1 N–H and O–H groups in total. The number of rotatable bonds is 3. The van der Waals surface area contributed by atoms with Gasteiger partial charge >= 0.3 is 0 Å². The quantitative estimate of drug-likeness (QED) is 0.523. The van der Waals surface area contributed by atoms with E-state index < -0.39 is 11.8 Å². The molecule has 9 heteroatoms. The SMILES string of the molecule is COc1nccc(Cl)c1-c1nc2cc3c(cc2[nH]1)C(=O)N(c1cccnc1)C3=O. The van der Waals surface area contributed by atoms with E-state index in [1.807, 2.05) is 0 Å². The number of anilines is 1. The number of hydrogen-bond acceptors (Lipinski definition) is 6. The van der Waals surface area contributed by atoms with Gasteiger partial charge in [0.05, 0.1) is 51.7 Å². The molecular weight excluding hydrogens is 394 g/mol. The topological polar surface area (TPSA) is 101 Å². The van der Waals surface area contributed by atoms with Crippen molar-refractivity contribution in [2.75, 3.05) is 12.0 Å². The largest absolute Gasteiger partial charge is 0.480 e. The van der Waals surface area contributed by atoms with Crippen molar-refractivity contribution >= 4 is 40.1 Å². The average molecular weight is 406 g/mol. The van der Waals surface area contributed by atoms with Gasteiger partial charge in [0.2, 0.25) is 5.88 Å². The van der Waals surface area contributed by atoms with Crippen LogP contribution in [0.15, 0.2) is 48.9 Å². The highest BCUT2D eigenvalue weighted by Crippen LogP contribution is 2.36. The number of imide groups is 1. The molecule has 0 fully saturated rings. The monoisotopic (exact) mass is 405 g/mol. The molecule has 0 bridgehead atoms. The Morgan fingerprint density at radius 3 is 2.62 bits per heavy atom. The highest BCUT2D eigenvalue weighted by Gasteiger charge is 2.37. The Labute approximate surface area is 169 Å². The van der Waals surface area contributed by atoms with Crippen LogP contribution in [0.3, 0.4) is 0 Å². The molecule has 29 heavy (non-hydrogen) atoms. The molecule has 0 radical (unpaired) electrons. The maximum absolute atomic E-state index is 12.9. The molecule has 0 aliphatic carbocycles. The third kappa shape index (κ3) is 2.57. The number of hydrogen-bond donors (Lipinski definition) is 1. The van der Waals surface area contributed by atoms with Gasteiger partial charge in [-0.25, -0.2) is 14.9 Å². The third-order valence-electron chi connectivity index (χ3n) is 4.69. The van der Waals surface area contributed by atoms with E-state index in [1.165, 1.54) is 19.5 Å². The first-order valence-corrected chi connectivity index (χ1v) is 8.97. The van der Waals surface area contributed by atoms with E-state index in [9.17, 15) is 9.59 Å². The first-order valence-electron chi connectivity index (χ1n) is 8.60. The molecule has 5 rings (SSSR count). The predicted octanol–water partition coefficient (Wildman–Crippen LogP) is 3.48. The second-order valence-electron chi connectivity index (χ2n) is 6.33. The van der Waals surface area contributed by atoms with Crippen molar-refractivity contribution in [1.82, 2.24) is 19.9 Å². The number of fused-ring (bicyclic) bond motifs is 2. The average Bonchev–Trinajstić information content (AvgIpc) is 3.25. The Bertz CT molecular complexity index is 1250. The van der Waals surface area contributed by atoms with Crippen molar-refractivity contribution < 1.29 is 14.3 Å². The summed E-state index contributed by atoms with van der Waals surface area (Å²) in [6.07, 6.45) is 4.58. The van der Waals surface area contributed by atoms with Gasteiger partial charge in [-0.3, -0.25) is 14.6 Å². The minimum Gasteiger partial charge on any atom is -0.480 e. The molecule has 0 spiro atoms. The van der Waals surface area contributed by atoms with Crippen LogP contribution in [0.25, 0.3) is 22.4 Å². The zero-order chi connectivity index (χ0) is 20.1. The standard InChI is InChI=1S/C20H12ClN5O3/c1-29-18-16(13(21)4-6-23-18)17-24-14-7-11-12(8-15(14)25-17)20(28)26(19(11)27)10-3-2-5-22-9-10/h2-9H,1H3,(H,24,25). The Balaban J connectivity index is 1.64. The zero-order valence-corrected chi connectivity index (χ0v) is 15.8.